The van der Waals surface area contributed by atoms with Crippen LogP contribution in [0.3, 0.4) is 0 Å². The summed E-state index contributed by atoms with van der Waals surface area (Å²) < 4.78 is 0. The van der Waals surface area contributed by atoms with Crippen LogP contribution in [0.1, 0.15) is 18.4 Å². The summed E-state index contributed by atoms with van der Waals surface area (Å²) in [5, 5.41) is 10.8. The summed E-state index contributed by atoms with van der Waals surface area (Å²) in [7, 11) is 0. The maximum Gasteiger partial charge on any atom is 0.273 e. The van der Waals surface area contributed by atoms with Crippen LogP contribution in [0.5, 0.6) is 0 Å². The van der Waals surface area contributed by atoms with E-state index in [1.54, 1.807) is 18.2 Å². The molecule has 2 rings (SSSR count). The molecule has 90 valence electrons. The third-order valence-corrected chi connectivity index (χ3v) is 3.00. The normalized spacial score (nSPS) is 17.1. The number of nitro benzene ring substituents is 1. The number of nitrogens with zero attached hydrogens (tertiary/aromatic N) is 2. The van der Waals surface area contributed by atoms with Crippen molar-refractivity contribution >= 4 is 11.5 Å². The molecule has 0 spiro atoms. The molecule has 0 N–H and O–H groups in total. The highest BCUT2D eigenvalue weighted by molar-refractivity contribution is 5.79. The molecule has 0 unspecified atom stereocenters. The monoisotopic (exact) mass is 234 g/mol. The Kier molecular flexibility index (Phi) is 3.49. The Morgan fingerprint density at radius 3 is 2.53 bits per heavy atom. The molecular weight excluding hydrogens is 220 g/mol. The summed E-state index contributed by atoms with van der Waals surface area (Å²) >= 11 is 0. The fraction of sp³-hybridized carbons (Fsp3) is 0.417. The van der Waals surface area contributed by atoms with Gasteiger partial charge in [-0.2, -0.15) is 0 Å². The minimum atomic E-state index is -0.357. The molecule has 5 nitrogen and oxygen atoms in total. The molecule has 1 aliphatic heterocycles. The van der Waals surface area contributed by atoms with Gasteiger partial charge in [-0.25, -0.2) is 0 Å². The third kappa shape index (κ3) is 2.88. The summed E-state index contributed by atoms with van der Waals surface area (Å²) in [4.78, 5) is 23.7. The number of rotatable bonds is 3. The van der Waals surface area contributed by atoms with E-state index in [0.717, 1.165) is 0 Å². The number of nitro groups is 1. The lowest BCUT2D eigenvalue weighted by atomic mass is 10.1. The Labute approximate surface area is 99.2 Å². The summed E-state index contributed by atoms with van der Waals surface area (Å²) in [6.45, 7) is 1.94. The van der Waals surface area contributed by atoms with Crippen molar-refractivity contribution < 1.29 is 9.72 Å². The molecule has 1 aromatic carbocycles. The number of hydrogen-bond acceptors (Lipinski definition) is 4. The van der Waals surface area contributed by atoms with Gasteiger partial charge < -0.3 is 0 Å². The van der Waals surface area contributed by atoms with Gasteiger partial charge in [0.25, 0.3) is 5.69 Å². The lowest BCUT2D eigenvalue weighted by Crippen LogP contribution is -2.33. The number of carbonyl (C=O) groups excluding carboxylic acids is 1. The molecule has 0 aliphatic carbocycles. The molecule has 0 bridgehead atoms. The van der Waals surface area contributed by atoms with Crippen molar-refractivity contribution in [3.05, 3.63) is 39.9 Å². The van der Waals surface area contributed by atoms with E-state index in [1.165, 1.54) is 6.07 Å². The smallest absolute Gasteiger partial charge is 0.273 e. The number of Topliss-reactive ketones (excluding diaryl/α,β-unsaturated/α-hetero) is 1. The number of benzene rings is 1. The highest BCUT2D eigenvalue weighted by Gasteiger charge is 2.19. The van der Waals surface area contributed by atoms with E-state index >= 15 is 0 Å². The van der Waals surface area contributed by atoms with Crippen LogP contribution in [0.4, 0.5) is 5.69 Å². The second kappa shape index (κ2) is 5.05. The van der Waals surface area contributed by atoms with Crippen LogP contribution < -0.4 is 0 Å². The SMILES string of the molecule is O=C1CCN(Cc2ccccc2[N+](=O)[O-])CC1. The van der Waals surface area contributed by atoms with Crippen molar-refractivity contribution in [2.24, 2.45) is 0 Å². The number of piperidine rings is 1. The first-order chi connectivity index (χ1) is 8.16. The number of carbonyl (C=O) groups is 1. The first-order valence-electron chi connectivity index (χ1n) is 5.63. The van der Waals surface area contributed by atoms with Crippen LogP contribution in [0, 0.1) is 10.1 Å². The highest BCUT2D eigenvalue weighted by atomic mass is 16.6. The van der Waals surface area contributed by atoms with Crippen molar-refractivity contribution in [3.8, 4) is 0 Å². The van der Waals surface area contributed by atoms with E-state index in [-0.39, 0.29) is 16.4 Å². The molecule has 5 heteroatoms. The van der Waals surface area contributed by atoms with Gasteiger partial charge in [0.15, 0.2) is 0 Å². The number of ketones is 1. The van der Waals surface area contributed by atoms with E-state index in [4.69, 9.17) is 0 Å². The minimum absolute atomic E-state index is 0.157. The van der Waals surface area contributed by atoms with Crippen LogP contribution >= 0.6 is 0 Å². The summed E-state index contributed by atoms with van der Waals surface area (Å²) in [5.74, 6) is 0.281. The molecule has 1 aliphatic rings. The number of likely N-dealkylation sites (tertiary alicyclic amines) is 1. The summed E-state index contributed by atoms with van der Waals surface area (Å²) in [6.07, 6.45) is 1.11. The van der Waals surface area contributed by atoms with Crippen LogP contribution in [0.15, 0.2) is 24.3 Å². The Bertz CT molecular complexity index is 435. The van der Waals surface area contributed by atoms with Crippen LogP contribution in [0.25, 0.3) is 0 Å². The summed E-state index contributed by atoms with van der Waals surface area (Å²) in [5.41, 5.74) is 0.872. The molecular formula is C12H14N2O3. The lowest BCUT2D eigenvalue weighted by Gasteiger charge is -2.25. The second-order valence-electron chi connectivity index (χ2n) is 4.20. The third-order valence-electron chi connectivity index (χ3n) is 3.00. The molecule has 0 saturated carbocycles. The van der Waals surface area contributed by atoms with Gasteiger partial charge in [0.05, 0.1) is 4.92 Å². The van der Waals surface area contributed by atoms with Crippen molar-refractivity contribution in [2.45, 2.75) is 19.4 Å². The maximum absolute atomic E-state index is 11.1. The van der Waals surface area contributed by atoms with Gasteiger partial charge in [-0.1, -0.05) is 18.2 Å². The molecule has 17 heavy (non-hydrogen) atoms. The van der Waals surface area contributed by atoms with E-state index in [1.807, 2.05) is 0 Å². The largest absolute Gasteiger partial charge is 0.300 e. The van der Waals surface area contributed by atoms with Crippen molar-refractivity contribution in [3.63, 3.8) is 0 Å². The number of hydrogen-bond donors (Lipinski definition) is 0. The van der Waals surface area contributed by atoms with Gasteiger partial charge in [-0.05, 0) is 0 Å². The topological polar surface area (TPSA) is 63.5 Å². The molecule has 1 heterocycles. The first kappa shape index (κ1) is 11.7. The van der Waals surface area contributed by atoms with Crippen molar-refractivity contribution in [1.29, 1.82) is 0 Å². The number of para-hydroxylation sites is 1. The van der Waals surface area contributed by atoms with Crippen LogP contribution in [-0.2, 0) is 11.3 Å². The van der Waals surface area contributed by atoms with Gasteiger partial charge in [-0.15, -0.1) is 0 Å². The van der Waals surface area contributed by atoms with Gasteiger partial charge in [0.2, 0.25) is 0 Å². The molecule has 0 atom stereocenters. The summed E-state index contributed by atoms with van der Waals surface area (Å²) in [6, 6.07) is 6.76. The Morgan fingerprint density at radius 1 is 1.24 bits per heavy atom. The van der Waals surface area contributed by atoms with Gasteiger partial charge >= 0.3 is 0 Å². The zero-order valence-electron chi connectivity index (χ0n) is 9.46. The van der Waals surface area contributed by atoms with Crippen LogP contribution in [-0.4, -0.2) is 28.7 Å². The standard InChI is InChI=1S/C12H14N2O3/c15-11-5-7-13(8-6-11)9-10-3-1-2-4-12(10)14(16)17/h1-4H,5-9H2. The van der Waals surface area contributed by atoms with Crippen molar-refractivity contribution in [1.82, 2.24) is 4.90 Å². The fourth-order valence-electron chi connectivity index (χ4n) is 2.02. The quantitative estimate of drug-likeness (QED) is 0.590. The molecule has 1 aromatic rings. The Hall–Kier alpha value is -1.75. The van der Waals surface area contributed by atoms with E-state index in [9.17, 15) is 14.9 Å². The zero-order valence-corrected chi connectivity index (χ0v) is 9.46. The Morgan fingerprint density at radius 2 is 1.88 bits per heavy atom. The van der Waals surface area contributed by atoms with Gasteiger partial charge in [0, 0.05) is 44.1 Å². The van der Waals surface area contributed by atoms with Crippen LogP contribution in [0.2, 0.25) is 0 Å². The molecule has 0 radical (unpaired) electrons. The Balaban J connectivity index is 2.08. The van der Waals surface area contributed by atoms with E-state index in [2.05, 4.69) is 4.90 Å². The predicted octanol–water partition coefficient (Wildman–Crippen LogP) is 1.76. The zero-order chi connectivity index (χ0) is 12.3. The van der Waals surface area contributed by atoms with E-state index < -0.39 is 0 Å². The second-order valence-corrected chi connectivity index (χ2v) is 4.20. The molecule has 0 amide bonds. The minimum Gasteiger partial charge on any atom is -0.300 e. The van der Waals surface area contributed by atoms with E-state index in [0.29, 0.717) is 38.0 Å². The maximum atomic E-state index is 11.1. The average Bonchev–Trinajstić information content (AvgIpc) is 2.32. The molecule has 1 saturated heterocycles. The fourth-order valence-corrected chi connectivity index (χ4v) is 2.02. The predicted molar refractivity (Wildman–Crippen MR) is 62.6 cm³/mol. The first-order valence-corrected chi connectivity index (χ1v) is 5.63. The molecule has 1 fully saturated rings. The van der Waals surface area contributed by atoms with Gasteiger partial charge in [-0.3, -0.25) is 19.8 Å². The lowest BCUT2D eigenvalue weighted by molar-refractivity contribution is -0.385. The van der Waals surface area contributed by atoms with Gasteiger partial charge in [0.1, 0.15) is 5.78 Å². The average molecular weight is 234 g/mol. The molecule has 0 aromatic heterocycles. The highest BCUT2D eigenvalue weighted by Crippen LogP contribution is 2.20. The van der Waals surface area contributed by atoms with Crippen molar-refractivity contribution in [2.75, 3.05) is 13.1 Å².